The van der Waals surface area contributed by atoms with E-state index in [2.05, 4.69) is 146 Å². The average molecular weight is 563 g/mol. The van der Waals surface area contributed by atoms with Crippen molar-refractivity contribution in [2.75, 3.05) is 40.4 Å². The first kappa shape index (κ1) is 29.1. The molecule has 4 aromatic carbocycles. The highest BCUT2D eigenvalue weighted by atomic mass is 31.1. The molecule has 4 aromatic rings. The van der Waals surface area contributed by atoms with Crippen LogP contribution < -0.4 is 10.6 Å². The van der Waals surface area contributed by atoms with Crippen molar-refractivity contribution < 1.29 is 13.9 Å². The van der Waals surface area contributed by atoms with Gasteiger partial charge >= 0.3 is 0 Å². The Kier molecular flexibility index (Phi) is 9.93. The predicted octanol–water partition coefficient (Wildman–Crippen LogP) is 6.18. The van der Waals surface area contributed by atoms with Crippen LogP contribution in [0.1, 0.15) is 35.1 Å². The lowest BCUT2D eigenvalue weighted by Gasteiger charge is -2.29. The Morgan fingerprint density at radius 2 is 1.17 bits per heavy atom. The number of hydrogen-bond donors (Lipinski definition) is 0. The molecule has 210 valence electrons. The van der Waals surface area contributed by atoms with Crippen LogP contribution in [0.15, 0.2) is 109 Å². The third kappa shape index (κ3) is 7.47. The molecule has 1 atom stereocenters. The molecule has 0 spiro atoms. The molecule has 0 amide bonds. The SMILES string of the molecule is Cc1ccc(C(CC(CC(c2ccc(C)cc2)=[N+]2CCOCC2)P(c2ccccc2)c2ccccc2)=[N+](C)C)cc1. The Labute approximate surface area is 247 Å². The fraction of sp³-hybridized carbons (Fsp3) is 0.297. The number of hydrogen-bond acceptors (Lipinski definition) is 1. The largest absolute Gasteiger partial charge is 0.368 e. The number of ether oxygens (including phenoxy) is 1. The maximum Gasteiger partial charge on any atom is 0.184 e. The first-order chi connectivity index (χ1) is 20.0. The van der Waals surface area contributed by atoms with Crippen LogP contribution in [0.2, 0.25) is 0 Å². The number of rotatable bonds is 9. The smallest absolute Gasteiger partial charge is 0.184 e. The van der Waals surface area contributed by atoms with Crippen LogP contribution in [0.5, 0.6) is 0 Å². The molecule has 1 heterocycles. The zero-order valence-electron chi connectivity index (χ0n) is 25.0. The lowest BCUT2D eigenvalue weighted by Crippen LogP contribution is -2.37. The Balaban J connectivity index is 1.66. The van der Waals surface area contributed by atoms with Gasteiger partial charge in [-0.1, -0.05) is 96.1 Å². The highest BCUT2D eigenvalue weighted by Crippen LogP contribution is 2.44. The Bertz CT molecular complexity index is 1420. The third-order valence-corrected chi connectivity index (χ3v) is 10.8. The van der Waals surface area contributed by atoms with Crippen LogP contribution in [0.4, 0.5) is 0 Å². The summed E-state index contributed by atoms with van der Waals surface area (Å²) in [7, 11) is 3.76. The molecule has 0 bridgehead atoms. The van der Waals surface area contributed by atoms with Crippen LogP contribution in [0.3, 0.4) is 0 Å². The summed E-state index contributed by atoms with van der Waals surface area (Å²) in [6, 6.07) is 40.7. The minimum Gasteiger partial charge on any atom is -0.368 e. The quantitative estimate of drug-likeness (QED) is 0.135. The minimum atomic E-state index is -0.645. The summed E-state index contributed by atoms with van der Waals surface area (Å²) in [5, 5.41) is 2.87. The summed E-state index contributed by atoms with van der Waals surface area (Å²) < 4.78 is 10.7. The van der Waals surface area contributed by atoms with Gasteiger partial charge in [0.05, 0.1) is 0 Å². The van der Waals surface area contributed by atoms with Crippen molar-refractivity contribution in [3.63, 3.8) is 0 Å². The highest BCUT2D eigenvalue weighted by molar-refractivity contribution is 7.73. The minimum absolute atomic E-state index is 0.396. The molecule has 0 radical (unpaired) electrons. The average Bonchev–Trinajstić information content (AvgIpc) is 3.01. The van der Waals surface area contributed by atoms with Gasteiger partial charge in [-0.3, -0.25) is 0 Å². The number of aryl methyl sites for hydroxylation is 2. The lowest BCUT2D eigenvalue weighted by atomic mass is 9.98. The van der Waals surface area contributed by atoms with E-state index in [1.165, 1.54) is 44.3 Å². The van der Waals surface area contributed by atoms with Crippen molar-refractivity contribution in [1.82, 2.24) is 0 Å². The molecule has 4 heteroatoms. The monoisotopic (exact) mass is 562 g/mol. The van der Waals surface area contributed by atoms with E-state index in [1.54, 1.807) is 0 Å². The summed E-state index contributed by atoms with van der Waals surface area (Å²) >= 11 is 0. The topological polar surface area (TPSA) is 15.2 Å². The molecule has 3 nitrogen and oxygen atoms in total. The molecule has 41 heavy (non-hydrogen) atoms. The van der Waals surface area contributed by atoms with E-state index in [4.69, 9.17) is 4.74 Å². The van der Waals surface area contributed by atoms with Gasteiger partial charge in [-0.2, -0.15) is 0 Å². The molecule has 0 aliphatic carbocycles. The van der Waals surface area contributed by atoms with Gasteiger partial charge < -0.3 is 4.74 Å². The number of morpholine rings is 1. The van der Waals surface area contributed by atoms with Crippen molar-refractivity contribution in [3.05, 3.63) is 131 Å². The molecule has 1 aliphatic heterocycles. The van der Waals surface area contributed by atoms with E-state index in [0.29, 0.717) is 5.66 Å². The van der Waals surface area contributed by atoms with E-state index in [-0.39, 0.29) is 0 Å². The summed E-state index contributed by atoms with van der Waals surface area (Å²) in [4.78, 5) is 0. The van der Waals surface area contributed by atoms with Gasteiger partial charge in [-0.05, 0) is 56.6 Å². The molecule has 1 fully saturated rings. The van der Waals surface area contributed by atoms with Crippen LogP contribution in [-0.2, 0) is 4.74 Å². The summed E-state index contributed by atoms with van der Waals surface area (Å²) in [5.74, 6) is 0. The maximum atomic E-state index is 5.80. The zero-order valence-corrected chi connectivity index (χ0v) is 25.9. The fourth-order valence-corrected chi connectivity index (χ4v) is 8.60. The van der Waals surface area contributed by atoms with Crippen molar-refractivity contribution in [1.29, 1.82) is 0 Å². The molecular formula is C37H43N2OP+2. The fourth-order valence-electron chi connectivity index (χ4n) is 5.76. The highest BCUT2D eigenvalue weighted by Gasteiger charge is 2.33. The maximum absolute atomic E-state index is 5.80. The Morgan fingerprint density at radius 1 is 0.683 bits per heavy atom. The summed E-state index contributed by atoms with van der Waals surface area (Å²) in [6.07, 6.45) is 1.99. The van der Waals surface area contributed by atoms with Crippen molar-refractivity contribution in [3.8, 4) is 0 Å². The summed E-state index contributed by atoms with van der Waals surface area (Å²) in [5.41, 5.74) is 8.46. The second kappa shape index (κ2) is 14.0. The van der Waals surface area contributed by atoms with Crippen molar-refractivity contribution in [2.45, 2.75) is 32.3 Å². The molecule has 1 unspecified atom stereocenters. The van der Waals surface area contributed by atoms with E-state index < -0.39 is 7.92 Å². The van der Waals surface area contributed by atoms with Gasteiger partial charge in [0.15, 0.2) is 24.5 Å². The van der Waals surface area contributed by atoms with Crippen LogP contribution in [0.25, 0.3) is 0 Å². The van der Waals surface area contributed by atoms with Crippen molar-refractivity contribution in [2.24, 2.45) is 0 Å². The van der Waals surface area contributed by atoms with Crippen LogP contribution in [0, 0.1) is 13.8 Å². The molecule has 1 saturated heterocycles. The lowest BCUT2D eigenvalue weighted by molar-refractivity contribution is -0.549. The van der Waals surface area contributed by atoms with Crippen molar-refractivity contribution >= 4 is 30.0 Å². The molecule has 0 aromatic heterocycles. The summed E-state index contributed by atoms with van der Waals surface area (Å²) in [6.45, 7) is 7.77. The van der Waals surface area contributed by atoms with Gasteiger partial charge in [0.1, 0.15) is 27.3 Å². The van der Waals surface area contributed by atoms with Gasteiger partial charge in [0.2, 0.25) is 0 Å². The molecule has 0 saturated carbocycles. The van der Waals surface area contributed by atoms with E-state index in [9.17, 15) is 0 Å². The van der Waals surface area contributed by atoms with Crippen LogP contribution >= 0.6 is 7.92 Å². The van der Waals surface area contributed by atoms with Gasteiger partial charge in [-0.15, -0.1) is 0 Å². The standard InChI is InChI=1S/C37H43N2OP/c1-29-15-19-31(20-16-29)36(38(3)4)27-35(41(33-11-7-5-8-12-33)34-13-9-6-10-14-34)28-37(39-23-25-40-26-24-39)32-21-17-30(2)18-22-32/h5-22,35H,23-28H2,1-4H3/q+2. The first-order valence-electron chi connectivity index (χ1n) is 14.7. The molecule has 5 rings (SSSR count). The molecule has 0 N–H and O–H groups in total. The van der Waals surface area contributed by atoms with Gasteiger partial charge in [0, 0.05) is 29.6 Å². The Morgan fingerprint density at radius 3 is 1.66 bits per heavy atom. The second-order valence-electron chi connectivity index (χ2n) is 11.2. The normalized spacial score (nSPS) is 14.1. The molecular weight excluding hydrogens is 519 g/mol. The second-order valence-corrected chi connectivity index (χ2v) is 13.7. The Hall–Kier alpha value is -3.39. The van der Waals surface area contributed by atoms with E-state index in [0.717, 1.165) is 39.1 Å². The number of benzene rings is 4. The van der Waals surface area contributed by atoms with E-state index in [1.807, 2.05) is 0 Å². The number of nitrogens with zero attached hydrogens (tertiary/aromatic N) is 2. The van der Waals surface area contributed by atoms with E-state index >= 15 is 0 Å². The zero-order chi connectivity index (χ0) is 28.6. The van der Waals surface area contributed by atoms with Crippen LogP contribution in [-0.4, -0.2) is 66.6 Å². The molecule has 1 aliphatic rings. The van der Waals surface area contributed by atoms with Gasteiger partial charge in [-0.25, -0.2) is 9.15 Å². The first-order valence-corrected chi connectivity index (χ1v) is 16.2. The predicted molar refractivity (Wildman–Crippen MR) is 176 cm³/mol. The third-order valence-electron chi connectivity index (χ3n) is 7.99. The van der Waals surface area contributed by atoms with Gasteiger partial charge in [0.25, 0.3) is 0 Å².